The van der Waals surface area contributed by atoms with Crippen molar-refractivity contribution in [1.82, 2.24) is 4.31 Å². The third kappa shape index (κ3) is 4.55. The van der Waals surface area contributed by atoms with E-state index in [1.807, 2.05) is 29.2 Å². The zero-order valence-electron chi connectivity index (χ0n) is 20.1. The second-order valence-corrected chi connectivity index (χ2v) is 12.7. The van der Waals surface area contributed by atoms with Crippen LogP contribution in [0.5, 0.6) is 0 Å². The van der Waals surface area contributed by atoms with Gasteiger partial charge in [0.05, 0.1) is 23.8 Å². The van der Waals surface area contributed by atoms with Gasteiger partial charge in [-0.2, -0.15) is 4.31 Å². The van der Waals surface area contributed by atoms with Gasteiger partial charge >= 0.3 is 0 Å². The van der Waals surface area contributed by atoms with Crippen LogP contribution in [0.2, 0.25) is 0 Å². The molecule has 1 N–H and O–H groups in total. The van der Waals surface area contributed by atoms with Crippen LogP contribution in [0.1, 0.15) is 26.3 Å². The Morgan fingerprint density at radius 3 is 2.26 bits per heavy atom. The number of anilines is 2. The van der Waals surface area contributed by atoms with Crippen molar-refractivity contribution in [1.29, 1.82) is 0 Å². The summed E-state index contributed by atoms with van der Waals surface area (Å²) < 4.78 is 47.8. The van der Waals surface area contributed by atoms with E-state index in [2.05, 4.69) is 26.1 Å². The molecule has 1 saturated carbocycles. The zero-order valence-corrected chi connectivity index (χ0v) is 20.9. The molecular formula is C26H34FN3O3S. The summed E-state index contributed by atoms with van der Waals surface area (Å²) in [6, 6.07) is 12.6. The lowest BCUT2D eigenvalue weighted by atomic mass is 9.87. The molecule has 0 aromatic heterocycles. The van der Waals surface area contributed by atoms with Crippen molar-refractivity contribution < 1.29 is 17.5 Å². The molecule has 3 aliphatic rings. The fourth-order valence-electron chi connectivity index (χ4n) is 5.30. The largest absolute Gasteiger partial charge is 0.385 e. The standard InChI is InChI=1S/C26H34FN3O3S/c1-26(2,3)18-4-7-20(8-5-18)34(31,32)30-16-22-21(23(22)17-30)15-28-19-6-9-25(24(27)14-19)29-10-12-33-13-11-29/h4-9,14,21-23,28H,10-13,15-17H2,1-3H3. The molecule has 0 spiro atoms. The van der Waals surface area contributed by atoms with Gasteiger partial charge in [0.2, 0.25) is 10.0 Å². The maximum Gasteiger partial charge on any atom is 0.243 e. The summed E-state index contributed by atoms with van der Waals surface area (Å²) in [6.07, 6.45) is 0. The van der Waals surface area contributed by atoms with Gasteiger partial charge in [0.1, 0.15) is 5.82 Å². The molecule has 0 amide bonds. The van der Waals surface area contributed by atoms with Gasteiger partial charge in [0.25, 0.3) is 0 Å². The van der Waals surface area contributed by atoms with E-state index in [-0.39, 0.29) is 11.2 Å². The molecule has 2 saturated heterocycles. The lowest BCUT2D eigenvalue weighted by molar-refractivity contribution is 0.122. The summed E-state index contributed by atoms with van der Waals surface area (Å²) in [4.78, 5) is 2.38. The third-order valence-electron chi connectivity index (χ3n) is 7.54. The topological polar surface area (TPSA) is 61.9 Å². The van der Waals surface area contributed by atoms with Gasteiger partial charge in [0, 0.05) is 38.4 Å². The number of benzene rings is 2. The Balaban J connectivity index is 1.15. The Hall–Kier alpha value is -2.16. The first-order valence-corrected chi connectivity index (χ1v) is 13.6. The average molecular weight is 488 g/mol. The van der Waals surface area contributed by atoms with Crippen molar-refractivity contribution in [2.75, 3.05) is 56.2 Å². The lowest BCUT2D eigenvalue weighted by Crippen LogP contribution is -2.36. The van der Waals surface area contributed by atoms with E-state index in [4.69, 9.17) is 4.74 Å². The van der Waals surface area contributed by atoms with Crippen LogP contribution in [0.25, 0.3) is 0 Å². The van der Waals surface area contributed by atoms with E-state index < -0.39 is 10.0 Å². The molecule has 184 valence electrons. The summed E-state index contributed by atoms with van der Waals surface area (Å²) in [6.45, 7) is 10.9. The summed E-state index contributed by atoms with van der Waals surface area (Å²) in [5.41, 5.74) is 2.50. The number of morpholine rings is 1. The molecule has 3 fully saturated rings. The Labute approximate surface area is 202 Å². The van der Waals surface area contributed by atoms with Crippen LogP contribution < -0.4 is 10.2 Å². The van der Waals surface area contributed by atoms with Crippen LogP contribution in [-0.2, 0) is 20.2 Å². The van der Waals surface area contributed by atoms with Crippen LogP contribution in [0.4, 0.5) is 15.8 Å². The predicted octanol–water partition coefficient (Wildman–Crippen LogP) is 3.94. The van der Waals surface area contributed by atoms with E-state index in [0.717, 1.165) is 17.8 Å². The first-order valence-electron chi connectivity index (χ1n) is 12.1. The molecule has 0 radical (unpaired) electrons. The lowest BCUT2D eigenvalue weighted by Gasteiger charge is -2.29. The summed E-state index contributed by atoms with van der Waals surface area (Å²) in [5, 5.41) is 3.36. The van der Waals surface area contributed by atoms with Gasteiger partial charge in [-0.15, -0.1) is 0 Å². The molecule has 5 rings (SSSR count). The molecule has 2 aromatic rings. The molecular weight excluding hydrogens is 453 g/mol. The van der Waals surface area contributed by atoms with Gasteiger partial charge in [-0.3, -0.25) is 0 Å². The number of rotatable bonds is 6. The minimum absolute atomic E-state index is 0.0104. The van der Waals surface area contributed by atoms with Gasteiger partial charge in [-0.1, -0.05) is 32.9 Å². The van der Waals surface area contributed by atoms with Crippen LogP contribution in [-0.4, -0.2) is 58.7 Å². The highest BCUT2D eigenvalue weighted by molar-refractivity contribution is 7.89. The number of halogens is 1. The number of hydrogen-bond acceptors (Lipinski definition) is 5. The number of hydrogen-bond donors (Lipinski definition) is 1. The molecule has 34 heavy (non-hydrogen) atoms. The van der Waals surface area contributed by atoms with Crippen molar-refractivity contribution in [3.63, 3.8) is 0 Å². The third-order valence-corrected chi connectivity index (χ3v) is 9.38. The van der Waals surface area contributed by atoms with Crippen LogP contribution >= 0.6 is 0 Å². The highest BCUT2D eigenvalue weighted by Crippen LogP contribution is 2.52. The number of ether oxygens (including phenoxy) is 1. The Morgan fingerprint density at radius 1 is 1.03 bits per heavy atom. The second kappa shape index (κ2) is 8.81. The molecule has 2 aromatic carbocycles. The smallest absolute Gasteiger partial charge is 0.243 e. The van der Waals surface area contributed by atoms with Gasteiger partial charge in [0.15, 0.2) is 0 Å². The second-order valence-electron chi connectivity index (χ2n) is 10.7. The number of piperidine rings is 1. The first kappa shape index (κ1) is 23.6. The molecule has 0 bridgehead atoms. The Morgan fingerprint density at radius 2 is 1.68 bits per heavy atom. The molecule has 2 aliphatic heterocycles. The van der Waals surface area contributed by atoms with Crippen molar-refractivity contribution in [3.8, 4) is 0 Å². The average Bonchev–Trinajstić information content (AvgIpc) is 3.25. The molecule has 2 heterocycles. The van der Waals surface area contributed by atoms with E-state index in [1.165, 1.54) is 0 Å². The van der Waals surface area contributed by atoms with E-state index in [0.29, 0.717) is 67.7 Å². The van der Waals surface area contributed by atoms with Gasteiger partial charge in [-0.25, -0.2) is 12.8 Å². The van der Waals surface area contributed by atoms with E-state index in [9.17, 15) is 12.8 Å². The number of nitrogens with zero attached hydrogens (tertiary/aromatic N) is 2. The minimum atomic E-state index is -3.47. The molecule has 6 nitrogen and oxygen atoms in total. The predicted molar refractivity (Wildman–Crippen MR) is 132 cm³/mol. The highest BCUT2D eigenvalue weighted by atomic mass is 32.2. The fourth-order valence-corrected chi connectivity index (χ4v) is 6.81. The summed E-state index contributed by atoms with van der Waals surface area (Å²) in [5.74, 6) is 0.941. The maximum absolute atomic E-state index is 14.6. The SMILES string of the molecule is CC(C)(C)c1ccc(S(=O)(=O)N2CC3C(CNc4ccc(N5CCOCC5)c(F)c4)C3C2)cc1. The Bertz CT molecular complexity index is 1130. The molecule has 2 unspecified atom stereocenters. The van der Waals surface area contributed by atoms with Crippen molar-refractivity contribution >= 4 is 21.4 Å². The van der Waals surface area contributed by atoms with Crippen LogP contribution in [0.15, 0.2) is 47.4 Å². The van der Waals surface area contributed by atoms with Crippen LogP contribution in [0.3, 0.4) is 0 Å². The highest BCUT2D eigenvalue weighted by Gasteiger charge is 2.57. The first-order chi connectivity index (χ1) is 16.1. The summed E-state index contributed by atoms with van der Waals surface area (Å²) >= 11 is 0. The van der Waals surface area contributed by atoms with Gasteiger partial charge in [-0.05, 0) is 59.1 Å². The zero-order chi connectivity index (χ0) is 24.1. The monoisotopic (exact) mass is 487 g/mol. The quantitative estimate of drug-likeness (QED) is 0.669. The van der Waals surface area contributed by atoms with Crippen molar-refractivity contribution in [2.24, 2.45) is 17.8 Å². The molecule has 8 heteroatoms. The molecule has 2 atom stereocenters. The normalized spacial score (nSPS) is 25.3. The van der Waals surface area contributed by atoms with Crippen LogP contribution in [0, 0.1) is 23.6 Å². The number of nitrogens with one attached hydrogen (secondary N) is 1. The van der Waals surface area contributed by atoms with Crippen molar-refractivity contribution in [2.45, 2.75) is 31.1 Å². The van der Waals surface area contributed by atoms with Crippen molar-refractivity contribution in [3.05, 3.63) is 53.8 Å². The molecule has 1 aliphatic carbocycles. The number of fused-ring (bicyclic) bond motifs is 1. The number of sulfonamides is 1. The van der Waals surface area contributed by atoms with E-state index >= 15 is 0 Å². The van der Waals surface area contributed by atoms with Gasteiger partial charge < -0.3 is 15.0 Å². The minimum Gasteiger partial charge on any atom is -0.385 e. The Kier molecular flexibility index (Phi) is 6.11. The summed E-state index contributed by atoms with van der Waals surface area (Å²) in [7, 11) is -3.47. The maximum atomic E-state index is 14.6. The fraction of sp³-hybridized carbons (Fsp3) is 0.538. The van der Waals surface area contributed by atoms with E-state index in [1.54, 1.807) is 22.5 Å².